The number of amides is 1. The summed E-state index contributed by atoms with van der Waals surface area (Å²) in [6.07, 6.45) is 54.7. The molecule has 3 atom stereocenters. The Morgan fingerprint density at radius 3 is 1.45 bits per heavy atom. The van der Waals surface area contributed by atoms with Gasteiger partial charge in [-0.2, -0.15) is 0 Å². The molecule has 0 aromatic carbocycles. The first kappa shape index (κ1) is 55.8. The predicted molar refractivity (Wildman–Crippen MR) is 250 cm³/mol. The summed E-state index contributed by atoms with van der Waals surface area (Å²) in [6, 6.07) is -0.713. The van der Waals surface area contributed by atoms with E-state index in [1.165, 1.54) is 116 Å². The van der Waals surface area contributed by atoms with E-state index in [9.17, 15) is 19.8 Å². The van der Waals surface area contributed by atoms with Crippen LogP contribution in [-0.2, 0) is 14.3 Å². The third kappa shape index (κ3) is 40.6. The Balaban J connectivity index is 4.57. The molecule has 338 valence electrons. The van der Waals surface area contributed by atoms with E-state index in [2.05, 4.69) is 74.7 Å². The van der Waals surface area contributed by atoms with E-state index in [1.54, 1.807) is 0 Å². The number of carbonyl (C=O) groups is 2. The second-order valence-electron chi connectivity index (χ2n) is 16.8. The average molecular weight is 814 g/mol. The van der Waals surface area contributed by atoms with Crippen LogP contribution in [0.3, 0.4) is 0 Å². The van der Waals surface area contributed by atoms with Gasteiger partial charge in [0, 0.05) is 6.42 Å². The first-order chi connectivity index (χ1) is 28.5. The van der Waals surface area contributed by atoms with Crippen LogP contribution in [0.5, 0.6) is 0 Å². The number of allylic oxidation sites excluding steroid dienone is 8. The number of esters is 1. The summed E-state index contributed by atoms with van der Waals surface area (Å²) >= 11 is 0. The summed E-state index contributed by atoms with van der Waals surface area (Å²) in [4.78, 5) is 26.0. The summed E-state index contributed by atoms with van der Waals surface area (Å²) in [5.41, 5.74) is 0. The van der Waals surface area contributed by atoms with Crippen LogP contribution in [0.15, 0.2) is 48.6 Å². The molecule has 0 aromatic rings. The Kier molecular flexibility index (Phi) is 44.2. The molecule has 0 saturated heterocycles. The molecule has 6 nitrogen and oxygen atoms in total. The first-order valence-corrected chi connectivity index (χ1v) is 24.9. The van der Waals surface area contributed by atoms with Gasteiger partial charge in [-0.3, -0.25) is 9.59 Å². The smallest absolute Gasteiger partial charge is 0.306 e. The normalized spacial score (nSPS) is 13.7. The Labute approximate surface area is 359 Å². The minimum Gasteiger partial charge on any atom is -0.462 e. The van der Waals surface area contributed by atoms with Gasteiger partial charge in [0.1, 0.15) is 6.10 Å². The highest BCUT2D eigenvalue weighted by molar-refractivity contribution is 5.77. The number of rotatable bonds is 44. The highest BCUT2D eigenvalue weighted by Gasteiger charge is 2.24. The lowest BCUT2D eigenvalue weighted by Crippen LogP contribution is -2.46. The van der Waals surface area contributed by atoms with Crippen LogP contribution in [0, 0.1) is 0 Å². The van der Waals surface area contributed by atoms with Gasteiger partial charge in [0.15, 0.2) is 0 Å². The number of aliphatic hydroxyl groups is 2. The van der Waals surface area contributed by atoms with E-state index >= 15 is 0 Å². The highest BCUT2D eigenvalue weighted by atomic mass is 16.5. The van der Waals surface area contributed by atoms with Crippen LogP contribution < -0.4 is 5.32 Å². The monoisotopic (exact) mass is 814 g/mol. The van der Waals surface area contributed by atoms with Crippen molar-refractivity contribution in [2.75, 3.05) is 6.61 Å². The lowest BCUT2D eigenvalue weighted by Gasteiger charge is -2.24. The summed E-state index contributed by atoms with van der Waals surface area (Å²) in [5.74, 6) is -0.521. The molecular formula is C52H95NO5. The van der Waals surface area contributed by atoms with E-state index in [4.69, 9.17) is 4.74 Å². The predicted octanol–water partition coefficient (Wildman–Crippen LogP) is 14.7. The van der Waals surface area contributed by atoms with Gasteiger partial charge in [-0.15, -0.1) is 0 Å². The van der Waals surface area contributed by atoms with Crippen molar-refractivity contribution in [2.45, 2.75) is 264 Å². The van der Waals surface area contributed by atoms with Gasteiger partial charge >= 0.3 is 5.97 Å². The summed E-state index contributed by atoms with van der Waals surface area (Å²) in [7, 11) is 0. The van der Waals surface area contributed by atoms with Gasteiger partial charge in [-0.05, 0) is 83.5 Å². The number of hydrogen-bond donors (Lipinski definition) is 3. The molecule has 0 radical (unpaired) electrons. The fourth-order valence-corrected chi connectivity index (χ4v) is 7.38. The highest BCUT2D eigenvalue weighted by Crippen LogP contribution is 2.17. The van der Waals surface area contributed by atoms with E-state index in [1.807, 2.05) is 0 Å². The van der Waals surface area contributed by atoms with E-state index in [0.29, 0.717) is 19.3 Å². The molecule has 0 saturated carbocycles. The zero-order valence-corrected chi connectivity index (χ0v) is 38.4. The minimum absolute atomic E-state index is 0.0484. The van der Waals surface area contributed by atoms with Gasteiger partial charge in [-0.1, -0.05) is 198 Å². The van der Waals surface area contributed by atoms with Crippen LogP contribution >= 0.6 is 0 Å². The van der Waals surface area contributed by atoms with Gasteiger partial charge < -0.3 is 20.3 Å². The zero-order valence-electron chi connectivity index (χ0n) is 38.4. The second-order valence-corrected chi connectivity index (χ2v) is 16.8. The quantitative estimate of drug-likeness (QED) is 0.0323. The maximum Gasteiger partial charge on any atom is 0.306 e. The molecule has 0 aliphatic carbocycles. The Bertz CT molecular complexity index is 1000. The Hall–Kier alpha value is -2.18. The van der Waals surface area contributed by atoms with Gasteiger partial charge in [0.25, 0.3) is 0 Å². The Morgan fingerprint density at radius 1 is 0.517 bits per heavy atom. The number of unbranched alkanes of at least 4 members (excludes halogenated alkanes) is 24. The molecule has 3 N–H and O–H groups in total. The SMILES string of the molecule is CC/C=C/C/C=C/C/C=C/CCCCC(CC(=O)NC(CO)C(O)CCCCCCCCCCC)OC(=O)CCCCCCC/C=C/CCCCCCCCCCC. The average Bonchev–Trinajstić information content (AvgIpc) is 3.22. The van der Waals surface area contributed by atoms with Gasteiger partial charge in [0.05, 0.1) is 25.2 Å². The van der Waals surface area contributed by atoms with Crippen molar-refractivity contribution in [1.82, 2.24) is 5.32 Å². The Morgan fingerprint density at radius 2 is 0.931 bits per heavy atom. The van der Waals surface area contributed by atoms with Crippen molar-refractivity contribution >= 4 is 11.9 Å². The third-order valence-electron chi connectivity index (χ3n) is 11.1. The molecule has 0 heterocycles. The largest absolute Gasteiger partial charge is 0.462 e. The van der Waals surface area contributed by atoms with Crippen molar-refractivity contribution in [2.24, 2.45) is 0 Å². The van der Waals surface area contributed by atoms with E-state index in [-0.39, 0.29) is 24.9 Å². The van der Waals surface area contributed by atoms with Crippen LogP contribution in [0.25, 0.3) is 0 Å². The van der Waals surface area contributed by atoms with E-state index in [0.717, 1.165) is 83.5 Å². The maximum atomic E-state index is 13.1. The molecule has 1 amide bonds. The molecule has 6 heteroatoms. The number of hydrogen-bond acceptors (Lipinski definition) is 5. The fourth-order valence-electron chi connectivity index (χ4n) is 7.38. The zero-order chi connectivity index (χ0) is 42.4. The summed E-state index contributed by atoms with van der Waals surface area (Å²) in [6.45, 7) is 6.34. The van der Waals surface area contributed by atoms with Crippen molar-refractivity contribution in [3.63, 3.8) is 0 Å². The lowest BCUT2D eigenvalue weighted by molar-refractivity contribution is -0.151. The molecule has 0 aromatic heterocycles. The molecule has 0 rings (SSSR count). The van der Waals surface area contributed by atoms with E-state index < -0.39 is 18.2 Å². The summed E-state index contributed by atoms with van der Waals surface area (Å²) < 4.78 is 5.90. The lowest BCUT2D eigenvalue weighted by atomic mass is 10.0. The topological polar surface area (TPSA) is 95.9 Å². The molecule has 0 aliphatic rings. The first-order valence-electron chi connectivity index (χ1n) is 24.9. The van der Waals surface area contributed by atoms with Gasteiger partial charge in [-0.25, -0.2) is 0 Å². The van der Waals surface area contributed by atoms with Gasteiger partial charge in [0.2, 0.25) is 5.91 Å². The van der Waals surface area contributed by atoms with Crippen LogP contribution in [0.2, 0.25) is 0 Å². The number of carbonyl (C=O) groups excluding carboxylic acids is 2. The maximum absolute atomic E-state index is 13.1. The van der Waals surface area contributed by atoms with Crippen molar-refractivity contribution in [3.8, 4) is 0 Å². The fraction of sp³-hybridized carbons (Fsp3) is 0.808. The molecule has 0 spiro atoms. The van der Waals surface area contributed by atoms with Crippen LogP contribution in [0.4, 0.5) is 0 Å². The minimum atomic E-state index is -0.797. The molecule has 0 fully saturated rings. The van der Waals surface area contributed by atoms with Crippen molar-refractivity contribution < 1.29 is 24.5 Å². The van der Waals surface area contributed by atoms with Crippen molar-refractivity contribution in [1.29, 1.82) is 0 Å². The number of ether oxygens (including phenoxy) is 1. The number of aliphatic hydroxyl groups excluding tert-OH is 2. The molecule has 0 bridgehead atoms. The molecular weight excluding hydrogens is 719 g/mol. The summed E-state index contributed by atoms with van der Waals surface area (Å²) in [5, 5.41) is 23.6. The van der Waals surface area contributed by atoms with Crippen LogP contribution in [-0.4, -0.2) is 46.9 Å². The van der Waals surface area contributed by atoms with Crippen LogP contribution in [0.1, 0.15) is 245 Å². The molecule has 3 unspecified atom stereocenters. The third-order valence-corrected chi connectivity index (χ3v) is 11.1. The van der Waals surface area contributed by atoms with Crippen molar-refractivity contribution in [3.05, 3.63) is 48.6 Å². The molecule has 58 heavy (non-hydrogen) atoms. The standard InChI is InChI=1S/C52H95NO5/c1-4-7-10-13-16-19-21-23-24-25-26-27-28-30-33-36-39-42-45-52(57)58-48(43-40-37-34-32-29-22-20-17-14-11-8-5-2)46-51(56)53-49(47-54)50(55)44-41-38-35-31-18-15-12-9-6-3/h8,11,17,20,26-27,29,32,48-50,54-55H,4-7,9-10,12-16,18-19,21-25,28,30-31,33-47H2,1-3H3,(H,53,56)/b11-8+,20-17+,27-26+,32-29+. The molecule has 0 aliphatic heterocycles. The number of nitrogens with one attached hydrogen (secondary N) is 1. The second kappa shape index (κ2) is 45.9.